The minimum Gasteiger partial charge on any atom is -0.292 e. The Morgan fingerprint density at radius 1 is 1.32 bits per heavy atom. The van der Waals surface area contributed by atoms with Crippen LogP contribution in [-0.2, 0) is 20.1 Å². The molecule has 0 atom stereocenters. The van der Waals surface area contributed by atoms with Crippen LogP contribution in [0.2, 0.25) is 5.02 Å². The van der Waals surface area contributed by atoms with Gasteiger partial charge in [-0.1, -0.05) is 17.7 Å². The van der Waals surface area contributed by atoms with Crippen molar-refractivity contribution in [2.24, 2.45) is 7.05 Å². The van der Waals surface area contributed by atoms with Crippen LogP contribution in [0.15, 0.2) is 18.2 Å². The number of rotatable bonds is 5. The quantitative estimate of drug-likeness (QED) is 0.830. The van der Waals surface area contributed by atoms with Crippen LogP contribution in [-0.4, -0.2) is 20.7 Å². The Hall–Kier alpha value is -1.39. The molecule has 1 aliphatic rings. The first-order valence-electron chi connectivity index (χ1n) is 7.62. The molecule has 3 nitrogen and oxygen atoms in total. The number of halogens is 2. The highest BCUT2D eigenvalue weighted by molar-refractivity contribution is 6.31. The van der Waals surface area contributed by atoms with Gasteiger partial charge in [0.15, 0.2) is 0 Å². The maximum Gasteiger partial charge on any atom is 0.124 e. The molecule has 0 N–H and O–H groups in total. The summed E-state index contributed by atoms with van der Waals surface area (Å²) in [6.45, 7) is 5.77. The van der Waals surface area contributed by atoms with Crippen LogP contribution in [0.25, 0.3) is 0 Å². The minimum absolute atomic E-state index is 0.286. The van der Waals surface area contributed by atoms with Gasteiger partial charge in [-0.05, 0) is 44.4 Å². The maximum absolute atomic E-state index is 13.2. The van der Waals surface area contributed by atoms with E-state index in [1.807, 2.05) is 11.7 Å². The van der Waals surface area contributed by atoms with E-state index >= 15 is 0 Å². The van der Waals surface area contributed by atoms with Gasteiger partial charge in [0.2, 0.25) is 0 Å². The molecule has 0 aliphatic heterocycles. The van der Waals surface area contributed by atoms with Crippen LogP contribution in [0.4, 0.5) is 4.39 Å². The molecule has 1 aliphatic carbocycles. The van der Waals surface area contributed by atoms with Gasteiger partial charge in [0, 0.05) is 42.5 Å². The monoisotopic (exact) mass is 321 g/mol. The first-order chi connectivity index (χ1) is 10.5. The second-order valence-corrected chi connectivity index (χ2v) is 6.55. The lowest BCUT2D eigenvalue weighted by Crippen LogP contribution is -2.25. The number of aryl methyl sites for hydroxylation is 2. The zero-order chi connectivity index (χ0) is 15.9. The fourth-order valence-electron chi connectivity index (χ4n) is 2.87. The summed E-state index contributed by atoms with van der Waals surface area (Å²) in [7, 11) is 1.98. The zero-order valence-corrected chi connectivity index (χ0v) is 14.0. The van der Waals surface area contributed by atoms with Crippen LogP contribution in [0, 0.1) is 19.7 Å². The predicted octanol–water partition coefficient (Wildman–Crippen LogP) is 3.99. The highest BCUT2D eigenvalue weighted by atomic mass is 35.5. The summed E-state index contributed by atoms with van der Waals surface area (Å²) >= 11 is 6.19. The first-order valence-corrected chi connectivity index (χ1v) is 8.00. The van der Waals surface area contributed by atoms with Crippen molar-refractivity contribution in [2.45, 2.75) is 45.8 Å². The number of hydrogen-bond acceptors (Lipinski definition) is 2. The average Bonchev–Trinajstić information content (AvgIpc) is 3.25. The van der Waals surface area contributed by atoms with E-state index in [2.05, 4.69) is 23.8 Å². The third kappa shape index (κ3) is 3.18. The molecule has 1 aromatic heterocycles. The highest BCUT2D eigenvalue weighted by Gasteiger charge is 2.30. The number of aromatic nitrogens is 2. The van der Waals surface area contributed by atoms with Crippen molar-refractivity contribution in [1.82, 2.24) is 14.7 Å². The summed E-state index contributed by atoms with van der Waals surface area (Å²) in [5.74, 6) is -0.286. The fraction of sp³-hybridized carbons (Fsp3) is 0.471. The molecule has 0 unspecified atom stereocenters. The SMILES string of the molecule is Cc1nn(C)c(C)c1CN(Cc1ccc(F)cc1Cl)C1CC1. The topological polar surface area (TPSA) is 21.1 Å². The molecule has 0 saturated heterocycles. The maximum atomic E-state index is 13.2. The highest BCUT2D eigenvalue weighted by Crippen LogP contribution is 2.32. The smallest absolute Gasteiger partial charge is 0.124 e. The molecular formula is C17H21ClFN3. The van der Waals surface area contributed by atoms with Gasteiger partial charge in [-0.15, -0.1) is 0 Å². The van der Waals surface area contributed by atoms with Crippen LogP contribution in [0.5, 0.6) is 0 Å². The largest absolute Gasteiger partial charge is 0.292 e. The predicted molar refractivity (Wildman–Crippen MR) is 86.4 cm³/mol. The lowest BCUT2D eigenvalue weighted by atomic mass is 10.1. The summed E-state index contributed by atoms with van der Waals surface area (Å²) < 4.78 is 15.1. The molecule has 0 amide bonds. The van der Waals surface area contributed by atoms with E-state index in [0.29, 0.717) is 11.1 Å². The van der Waals surface area contributed by atoms with Crippen LogP contribution < -0.4 is 0 Å². The molecule has 0 spiro atoms. The molecular weight excluding hydrogens is 301 g/mol. The van der Waals surface area contributed by atoms with E-state index in [1.165, 1.54) is 36.2 Å². The minimum atomic E-state index is -0.286. The molecule has 2 aromatic rings. The van der Waals surface area contributed by atoms with Crippen molar-refractivity contribution in [1.29, 1.82) is 0 Å². The first kappa shape index (κ1) is 15.5. The van der Waals surface area contributed by atoms with Crippen molar-refractivity contribution in [3.63, 3.8) is 0 Å². The lowest BCUT2D eigenvalue weighted by molar-refractivity contribution is 0.244. The van der Waals surface area contributed by atoms with Gasteiger partial charge in [-0.2, -0.15) is 5.10 Å². The van der Waals surface area contributed by atoms with Crippen LogP contribution in [0.1, 0.15) is 35.4 Å². The van der Waals surface area contributed by atoms with Gasteiger partial charge in [0.1, 0.15) is 5.82 Å². The molecule has 0 radical (unpaired) electrons. The molecule has 5 heteroatoms. The second kappa shape index (κ2) is 6.01. The summed E-state index contributed by atoms with van der Waals surface area (Å²) in [6, 6.07) is 5.26. The van der Waals surface area contributed by atoms with Crippen molar-refractivity contribution in [3.05, 3.63) is 51.6 Å². The summed E-state index contributed by atoms with van der Waals surface area (Å²) in [5, 5.41) is 5.00. The van der Waals surface area contributed by atoms with Crippen LogP contribution >= 0.6 is 11.6 Å². The van der Waals surface area contributed by atoms with Crippen molar-refractivity contribution in [3.8, 4) is 0 Å². The Morgan fingerprint density at radius 3 is 2.59 bits per heavy atom. The molecule has 118 valence electrons. The third-order valence-electron chi connectivity index (χ3n) is 4.47. The van der Waals surface area contributed by atoms with Crippen LogP contribution in [0.3, 0.4) is 0 Å². The molecule has 1 heterocycles. The fourth-order valence-corrected chi connectivity index (χ4v) is 3.10. The van der Waals surface area contributed by atoms with Gasteiger partial charge in [0.05, 0.1) is 5.69 Å². The lowest BCUT2D eigenvalue weighted by Gasteiger charge is -2.23. The van der Waals surface area contributed by atoms with Crippen molar-refractivity contribution >= 4 is 11.6 Å². The Balaban J connectivity index is 1.81. The van der Waals surface area contributed by atoms with E-state index in [0.717, 1.165) is 24.3 Å². The molecule has 0 bridgehead atoms. The van der Waals surface area contributed by atoms with Gasteiger partial charge >= 0.3 is 0 Å². The Bertz CT molecular complexity index is 691. The van der Waals surface area contributed by atoms with Gasteiger partial charge in [0.25, 0.3) is 0 Å². The summed E-state index contributed by atoms with van der Waals surface area (Å²) in [5.41, 5.74) is 4.55. The van der Waals surface area contributed by atoms with Gasteiger partial charge in [-0.3, -0.25) is 9.58 Å². The van der Waals surface area contributed by atoms with E-state index in [-0.39, 0.29) is 5.82 Å². The summed E-state index contributed by atoms with van der Waals surface area (Å²) in [6.07, 6.45) is 2.44. The van der Waals surface area contributed by atoms with Gasteiger partial charge < -0.3 is 0 Å². The Labute approximate surface area is 135 Å². The third-order valence-corrected chi connectivity index (χ3v) is 4.82. The second-order valence-electron chi connectivity index (χ2n) is 6.14. The average molecular weight is 322 g/mol. The number of nitrogens with zero attached hydrogens (tertiary/aromatic N) is 3. The van der Waals surface area contributed by atoms with Crippen molar-refractivity contribution < 1.29 is 4.39 Å². The normalized spacial score (nSPS) is 14.8. The number of benzene rings is 1. The zero-order valence-electron chi connectivity index (χ0n) is 13.2. The molecule has 3 rings (SSSR count). The van der Waals surface area contributed by atoms with E-state index in [9.17, 15) is 4.39 Å². The Morgan fingerprint density at radius 2 is 2.05 bits per heavy atom. The van der Waals surface area contributed by atoms with E-state index < -0.39 is 0 Å². The number of hydrogen-bond donors (Lipinski definition) is 0. The molecule has 22 heavy (non-hydrogen) atoms. The standard InChI is InChI=1S/C17H21ClFN3/c1-11-16(12(2)21(3)20-11)10-22(15-6-7-15)9-13-4-5-14(19)8-17(13)18/h4-5,8,15H,6-7,9-10H2,1-3H3. The van der Waals surface area contributed by atoms with Gasteiger partial charge in [-0.25, -0.2) is 4.39 Å². The Kier molecular flexibility index (Phi) is 4.24. The molecule has 1 aromatic carbocycles. The van der Waals surface area contributed by atoms with Crippen molar-refractivity contribution in [2.75, 3.05) is 0 Å². The molecule has 1 fully saturated rings. The van der Waals surface area contributed by atoms with E-state index in [4.69, 9.17) is 11.6 Å². The summed E-state index contributed by atoms with van der Waals surface area (Å²) in [4.78, 5) is 2.43. The van der Waals surface area contributed by atoms with E-state index in [1.54, 1.807) is 6.07 Å². The molecule has 1 saturated carbocycles.